The van der Waals surface area contributed by atoms with Gasteiger partial charge in [-0.1, -0.05) is 41.4 Å². The summed E-state index contributed by atoms with van der Waals surface area (Å²) in [4.78, 5) is 0. The lowest BCUT2D eigenvalue weighted by molar-refractivity contribution is -0.205. The summed E-state index contributed by atoms with van der Waals surface area (Å²) >= 11 is 7.55. The van der Waals surface area contributed by atoms with Gasteiger partial charge in [-0.2, -0.15) is 0 Å². The predicted octanol–water partition coefficient (Wildman–Crippen LogP) is 4.49. The Balaban J connectivity index is 0.000000152. The molecule has 0 saturated carbocycles. The zero-order valence-electron chi connectivity index (χ0n) is 21.4. The Kier molecular flexibility index (Phi) is 9.52. The first-order valence-corrected chi connectivity index (χ1v) is 13.9. The Labute approximate surface area is 227 Å². The highest BCUT2D eigenvalue weighted by Crippen LogP contribution is 2.33. The zero-order chi connectivity index (χ0) is 25.8. The Bertz CT molecular complexity index is 987. The van der Waals surface area contributed by atoms with Gasteiger partial charge in [-0.25, -0.2) is 0 Å². The van der Waals surface area contributed by atoms with Crippen LogP contribution in [0.1, 0.15) is 29.5 Å². The second-order valence-electron chi connectivity index (χ2n) is 9.68. The first kappa shape index (κ1) is 27.5. The summed E-state index contributed by atoms with van der Waals surface area (Å²) < 4.78 is 46.0. The molecule has 37 heavy (non-hydrogen) atoms. The molecule has 0 aliphatic carbocycles. The van der Waals surface area contributed by atoms with Crippen molar-refractivity contribution in [3.05, 3.63) is 56.7 Å². The van der Waals surface area contributed by atoms with Crippen molar-refractivity contribution < 1.29 is 37.9 Å². The van der Waals surface area contributed by atoms with Crippen LogP contribution in [0.15, 0.2) is 35.7 Å². The van der Waals surface area contributed by atoms with Crippen molar-refractivity contribution in [2.24, 2.45) is 0 Å². The van der Waals surface area contributed by atoms with E-state index in [1.165, 1.54) is 22.5 Å². The van der Waals surface area contributed by atoms with E-state index in [-0.39, 0.29) is 49.2 Å². The highest BCUT2D eigenvalue weighted by Gasteiger charge is 2.45. The van der Waals surface area contributed by atoms with Crippen molar-refractivity contribution >= 4 is 22.9 Å². The highest BCUT2D eigenvalue weighted by atomic mass is 35.5. The molecule has 0 spiro atoms. The largest absolute Gasteiger partial charge is 0.379 e. The van der Waals surface area contributed by atoms with Gasteiger partial charge in [-0.3, -0.25) is 0 Å². The quantitative estimate of drug-likeness (QED) is 0.473. The molecule has 8 unspecified atom stereocenters. The predicted molar refractivity (Wildman–Crippen MR) is 138 cm³/mol. The van der Waals surface area contributed by atoms with Crippen LogP contribution < -0.4 is 0 Å². The molecule has 8 nitrogen and oxygen atoms in total. The molecular weight excluding hydrogens is 520 g/mol. The molecule has 10 heteroatoms. The van der Waals surface area contributed by atoms with Crippen LogP contribution in [0, 0.1) is 6.92 Å². The third kappa shape index (κ3) is 6.73. The number of aryl methyl sites for hydroxylation is 1. The van der Waals surface area contributed by atoms with Gasteiger partial charge in [0.1, 0.15) is 24.4 Å². The fourth-order valence-electron chi connectivity index (χ4n) is 4.94. The molecule has 5 heterocycles. The number of rotatable bonds is 8. The minimum absolute atomic E-state index is 0.0459. The lowest BCUT2D eigenvalue weighted by Gasteiger charge is -2.32. The SMILES string of the molecule is COC1CC(OCc2ccc(C)cc2)C2OCC1O2.COC1CC(OCc2ccsc2Cl)C2OCC1O2. The smallest absolute Gasteiger partial charge is 0.184 e. The summed E-state index contributed by atoms with van der Waals surface area (Å²) in [5.74, 6) is 0. The van der Waals surface area contributed by atoms with E-state index in [1.807, 2.05) is 11.4 Å². The lowest BCUT2D eigenvalue weighted by atomic mass is 10.0. The van der Waals surface area contributed by atoms with E-state index in [2.05, 4.69) is 31.2 Å². The highest BCUT2D eigenvalue weighted by molar-refractivity contribution is 7.14. The molecule has 4 bridgehead atoms. The Hall–Kier alpha value is -1.11. The van der Waals surface area contributed by atoms with Crippen molar-refractivity contribution in [1.29, 1.82) is 0 Å². The van der Waals surface area contributed by atoms with E-state index in [1.54, 1.807) is 14.2 Å². The standard InChI is InChI=1S/C15H20O4.C12H15ClO4S/c1-10-3-5-11(6-4-10)8-17-13-7-12(16-2)14-9-18-15(13)19-14;1-14-8-4-9(12-16-6-10(8)17-12)15-5-7-2-3-18-11(7)13/h3-6,12-15H,7-9H2,1-2H3;2-3,8-10,12H,4-6H2,1H3. The van der Waals surface area contributed by atoms with Crippen LogP contribution in [0.5, 0.6) is 0 Å². The second kappa shape index (κ2) is 12.8. The molecule has 4 aliphatic rings. The number of hydrogen-bond acceptors (Lipinski definition) is 9. The number of fused-ring (bicyclic) bond motifs is 4. The third-order valence-corrected chi connectivity index (χ3v) is 8.42. The Morgan fingerprint density at radius 2 is 1.38 bits per heavy atom. The van der Waals surface area contributed by atoms with E-state index in [0.717, 1.165) is 22.7 Å². The monoisotopic (exact) mass is 554 g/mol. The van der Waals surface area contributed by atoms with Gasteiger partial charge in [0.2, 0.25) is 0 Å². The minimum Gasteiger partial charge on any atom is -0.379 e. The Morgan fingerprint density at radius 3 is 1.89 bits per heavy atom. The van der Waals surface area contributed by atoms with Crippen molar-refractivity contribution in [1.82, 2.24) is 0 Å². The fourth-order valence-corrected chi connectivity index (χ4v) is 5.84. The van der Waals surface area contributed by atoms with Crippen LogP contribution >= 0.6 is 22.9 Å². The summed E-state index contributed by atoms with van der Waals surface area (Å²) in [6.45, 7) is 4.33. The van der Waals surface area contributed by atoms with Crippen molar-refractivity contribution in [3.63, 3.8) is 0 Å². The molecule has 204 valence electrons. The van der Waals surface area contributed by atoms with Crippen LogP contribution in [0.2, 0.25) is 4.34 Å². The van der Waals surface area contributed by atoms with E-state index >= 15 is 0 Å². The molecule has 4 fully saturated rings. The molecule has 1 aromatic heterocycles. The minimum atomic E-state index is -0.265. The topological polar surface area (TPSA) is 73.8 Å². The van der Waals surface area contributed by atoms with Gasteiger partial charge in [0.15, 0.2) is 12.6 Å². The van der Waals surface area contributed by atoms with E-state index in [4.69, 9.17) is 49.5 Å². The Morgan fingerprint density at radius 1 is 0.811 bits per heavy atom. The van der Waals surface area contributed by atoms with Crippen LogP contribution in [0.4, 0.5) is 0 Å². The molecule has 0 N–H and O–H groups in total. The molecule has 8 atom stereocenters. The van der Waals surface area contributed by atoms with Crippen LogP contribution in [-0.4, -0.2) is 76.6 Å². The molecule has 1 aromatic carbocycles. The average molecular weight is 555 g/mol. The summed E-state index contributed by atoms with van der Waals surface area (Å²) in [6, 6.07) is 10.3. The molecule has 6 rings (SSSR count). The van der Waals surface area contributed by atoms with Crippen molar-refractivity contribution in [3.8, 4) is 0 Å². The van der Waals surface area contributed by atoms with Crippen LogP contribution in [0.25, 0.3) is 0 Å². The number of halogens is 1. The van der Waals surface area contributed by atoms with Gasteiger partial charge in [-0.05, 0) is 23.9 Å². The number of methoxy groups -OCH3 is 2. The summed E-state index contributed by atoms with van der Waals surface area (Å²) in [5, 5.41) is 1.96. The van der Waals surface area contributed by atoms with E-state index in [0.29, 0.717) is 26.4 Å². The first-order valence-electron chi connectivity index (χ1n) is 12.6. The molecule has 0 radical (unpaired) electrons. The maximum atomic E-state index is 6.04. The van der Waals surface area contributed by atoms with Gasteiger partial charge < -0.3 is 37.9 Å². The van der Waals surface area contributed by atoms with Gasteiger partial charge in [-0.15, -0.1) is 11.3 Å². The molecule has 4 aliphatic heterocycles. The van der Waals surface area contributed by atoms with Gasteiger partial charge in [0.25, 0.3) is 0 Å². The average Bonchev–Trinajstić information content (AvgIpc) is 3.65. The van der Waals surface area contributed by atoms with Gasteiger partial charge >= 0.3 is 0 Å². The number of hydrogen-bond donors (Lipinski definition) is 0. The molecule has 4 saturated heterocycles. The fraction of sp³-hybridized carbons (Fsp3) is 0.630. The molecule has 2 aromatic rings. The normalized spacial score (nSPS) is 34.3. The van der Waals surface area contributed by atoms with E-state index < -0.39 is 0 Å². The third-order valence-electron chi connectivity index (χ3n) is 7.17. The van der Waals surface area contributed by atoms with Gasteiger partial charge in [0, 0.05) is 32.6 Å². The summed E-state index contributed by atoms with van der Waals surface area (Å²) in [7, 11) is 3.41. The van der Waals surface area contributed by atoms with Gasteiger partial charge in [0.05, 0.1) is 43.0 Å². The van der Waals surface area contributed by atoms with Crippen molar-refractivity contribution in [2.75, 3.05) is 27.4 Å². The number of ether oxygens (including phenoxy) is 8. The maximum Gasteiger partial charge on any atom is 0.184 e. The summed E-state index contributed by atoms with van der Waals surface area (Å²) in [6.07, 6.45) is 1.22. The number of benzene rings is 1. The lowest BCUT2D eigenvalue weighted by Crippen LogP contribution is -2.43. The first-order chi connectivity index (χ1) is 18.0. The number of thiophene rings is 1. The second-order valence-corrected chi connectivity index (χ2v) is 11.2. The zero-order valence-corrected chi connectivity index (χ0v) is 23.0. The van der Waals surface area contributed by atoms with Crippen LogP contribution in [-0.2, 0) is 51.1 Å². The summed E-state index contributed by atoms with van der Waals surface area (Å²) in [5.41, 5.74) is 3.43. The van der Waals surface area contributed by atoms with Crippen molar-refractivity contribution in [2.45, 2.75) is 82.2 Å². The van der Waals surface area contributed by atoms with Crippen LogP contribution in [0.3, 0.4) is 0 Å². The molecule has 0 amide bonds. The van der Waals surface area contributed by atoms with E-state index in [9.17, 15) is 0 Å². The molecular formula is C27H35ClO8S. The maximum absolute atomic E-state index is 6.04.